The van der Waals surface area contributed by atoms with Crippen LogP contribution in [0.15, 0.2) is 36.7 Å². The topological polar surface area (TPSA) is 25.8 Å². The predicted molar refractivity (Wildman–Crippen MR) is 52.4 cm³/mol. The van der Waals surface area contributed by atoms with Crippen molar-refractivity contribution in [2.24, 2.45) is 0 Å². The summed E-state index contributed by atoms with van der Waals surface area (Å²) in [6.07, 6.45) is 3.23. The van der Waals surface area contributed by atoms with Crippen LogP contribution in [0.1, 0.15) is 0 Å². The van der Waals surface area contributed by atoms with E-state index in [1.54, 1.807) is 24.5 Å². The van der Waals surface area contributed by atoms with Crippen LogP contribution in [0, 0.1) is 5.82 Å². The average molecular weight is 209 g/mol. The number of nitrogens with zero attached hydrogens (tertiary/aromatic N) is 2. The van der Waals surface area contributed by atoms with E-state index < -0.39 is 0 Å². The maximum absolute atomic E-state index is 12.7. The zero-order chi connectivity index (χ0) is 9.97. The summed E-state index contributed by atoms with van der Waals surface area (Å²) in [5.74, 6) is 0.132. The number of halogens is 2. The van der Waals surface area contributed by atoms with E-state index in [2.05, 4.69) is 9.97 Å². The van der Waals surface area contributed by atoms with Gasteiger partial charge in [-0.3, -0.25) is 0 Å². The Kier molecular flexibility index (Phi) is 2.41. The third kappa shape index (κ3) is 1.72. The minimum absolute atomic E-state index is 0.316. The van der Waals surface area contributed by atoms with Gasteiger partial charge < -0.3 is 0 Å². The van der Waals surface area contributed by atoms with Crippen LogP contribution in [-0.4, -0.2) is 9.97 Å². The lowest BCUT2D eigenvalue weighted by Gasteiger charge is -2.01. The first-order chi connectivity index (χ1) is 6.77. The number of rotatable bonds is 1. The third-order valence-electron chi connectivity index (χ3n) is 1.74. The van der Waals surface area contributed by atoms with Gasteiger partial charge in [0.1, 0.15) is 5.82 Å². The van der Waals surface area contributed by atoms with Crippen LogP contribution in [0.25, 0.3) is 11.4 Å². The molecule has 0 spiro atoms. The molecule has 2 nitrogen and oxygen atoms in total. The van der Waals surface area contributed by atoms with E-state index in [0.29, 0.717) is 16.4 Å². The van der Waals surface area contributed by atoms with Gasteiger partial charge in [-0.05, 0) is 24.3 Å². The van der Waals surface area contributed by atoms with E-state index >= 15 is 0 Å². The molecular weight excluding hydrogens is 203 g/mol. The molecule has 0 saturated carbocycles. The highest BCUT2D eigenvalue weighted by molar-refractivity contribution is 6.33. The van der Waals surface area contributed by atoms with Crippen LogP contribution >= 0.6 is 11.6 Å². The molecule has 4 heteroatoms. The summed E-state index contributed by atoms with van der Waals surface area (Å²) >= 11 is 5.84. The smallest absolute Gasteiger partial charge is 0.160 e. The summed E-state index contributed by atoms with van der Waals surface area (Å²) in [6, 6.07) is 5.85. The van der Waals surface area contributed by atoms with Crippen molar-refractivity contribution < 1.29 is 4.39 Å². The minimum atomic E-state index is -0.366. The van der Waals surface area contributed by atoms with Crippen LogP contribution in [0.2, 0.25) is 5.02 Å². The molecule has 0 radical (unpaired) electrons. The lowest BCUT2D eigenvalue weighted by molar-refractivity contribution is 0.628. The second-order valence-corrected chi connectivity index (χ2v) is 3.10. The molecule has 0 atom stereocenters. The van der Waals surface area contributed by atoms with Gasteiger partial charge in [-0.1, -0.05) is 11.6 Å². The molecule has 0 unspecified atom stereocenters. The Morgan fingerprint density at radius 3 is 2.50 bits per heavy atom. The third-order valence-corrected chi connectivity index (χ3v) is 2.05. The van der Waals surface area contributed by atoms with Gasteiger partial charge in [0, 0.05) is 18.0 Å². The summed E-state index contributed by atoms with van der Waals surface area (Å²) in [7, 11) is 0. The Balaban J connectivity index is 2.53. The van der Waals surface area contributed by atoms with Gasteiger partial charge >= 0.3 is 0 Å². The normalized spacial score (nSPS) is 10.1. The minimum Gasteiger partial charge on any atom is -0.237 e. The van der Waals surface area contributed by atoms with Crippen LogP contribution in [-0.2, 0) is 0 Å². The van der Waals surface area contributed by atoms with E-state index in [1.807, 2.05) is 0 Å². The number of benzene rings is 1. The molecule has 0 amide bonds. The fraction of sp³-hybridized carbons (Fsp3) is 0. The quantitative estimate of drug-likeness (QED) is 0.720. The summed E-state index contributed by atoms with van der Waals surface area (Å²) in [6.45, 7) is 0. The van der Waals surface area contributed by atoms with Crippen molar-refractivity contribution in [3.05, 3.63) is 47.5 Å². The van der Waals surface area contributed by atoms with Crippen LogP contribution in [0.5, 0.6) is 0 Å². The van der Waals surface area contributed by atoms with Crippen molar-refractivity contribution in [2.45, 2.75) is 0 Å². The molecular formula is C10H6ClFN2. The molecule has 1 aromatic heterocycles. The first kappa shape index (κ1) is 9.09. The second-order valence-electron chi connectivity index (χ2n) is 2.70. The van der Waals surface area contributed by atoms with Gasteiger partial charge in [0.15, 0.2) is 5.82 Å². The monoisotopic (exact) mass is 208 g/mol. The average Bonchev–Trinajstić information content (AvgIpc) is 2.19. The van der Waals surface area contributed by atoms with Crippen molar-refractivity contribution in [1.82, 2.24) is 9.97 Å². The van der Waals surface area contributed by atoms with Crippen LogP contribution in [0.3, 0.4) is 0 Å². The lowest BCUT2D eigenvalue weighted by atomic mass is 10.2. The molecule has 1 aromatic carbocycles. The van der Waals surface area contributed by atoms with Gasteiger partial charge in [-0.2, -0.15) is 0 Å². The van der Waals surface area contributed by atoms with Gasteiger partial charge in [0.05, 0.1) is 5.02 Å². The van der Waals surface area contributed by atoms with Gasteiger partial charge in [0.2, 0.25) is 0 Å². The maximum atomic E-state index is 12.7. The fourth-order valence-corrected chi connectivity index (χ4v) is 1.36. The van der Waals surface area contributed by atoms with Crippen LogP contribution < -0.4 is 0 Å². The van der Waals surface area contributed by atoms with E-state index in [-0.39, 0.29) is 5.82 Å². The number of aromatic nitrogens is 2. The molecule has 0 N–H and O–H groups in total. The Bertz CT molecular complexity index is 445. The van der Waals surface area contributed by atoms with Crippen LogP contribution in [0.4, 0.5) is 4.39 Å². The highest BCUT2D eigenvalue weighted by atomic mass is 35.5. The molecule has 0 saturated heterocycles. The van der Waals surface area contributed by atoms with Crippen molar-refractivity contribution in [3.63, 3.8) is 0 Å². The van der Waals surface area contributed by atoms with Gasteiger partial charge in [0.25, 0.3) is 0 Å². The van der Waals surface area contributed by atoms with E-state index in [1.165, 1.54) is 12.1 Å². The summed E-state index contributed by atoms with van der Waals surface area (Å²) < 4.78 is 12.7. The van der Waals surface area contributed by atoms with E-state index in [0.717, 1.165) is 0 Å². The maximum Gasteiger partial charge on any atom is 0.160 e. The molecule has 2 rings (SSSR count). The van der Waals surface area contributed by atoms with Gasteiger partial charge in [-0.15, -0.1) is 0 Å². The predicted octanol–water partition coefficient (Wildman–Crippen LogP) is 2.94. The van der Waals surface area contributed by atoms with Gasteiger partial charge in [-0.25, -0.2) is 14.4 Å². The lowest BCUT2D eigenvalue weighted by Crippen LogP contribution is -1.88. The van der Waals surface area contributed by atoms with E-state index in [9.17, 15) is 4.39 Å². The van der Waals surface area contributed by atoms with Crippen molar-refractivity contribution in [1.29, 1.82) is 0 Å². The zero-order valence-corrected chi connectivity index (χ0v) is 7.87. The first-order valence-electron chi connectivity index (χ1n) is 4.00. The van der Waals surface area contributed by atoms with Crippen molar-refractivity contribution in [2.75, 3.05) is 0 Å². The molecule has 0 aliphatic heterocycles. The summed E-state index contributed by atoms with van der Waals surface area (Å²) in [5.41, 5.74) is 0.633. The molecule has 0 fully saturated rings. The number of hydrogen-bond donors (Lipinski definition) is 0. The largest absolute Gasteiger partial charge is 0.237 e. The summed E-state index contributed by atoms with van der Waals surface area (Å²) in [4.78, 5) is 8.04. The highest BCUT2D eigenvalue weighted by Crippen LogP contribution is 2.24. The SMILES string of the molecule is Fc1ccc(-c2ncccn2)c(Cl)c1. The standard InChI is InChI=1S/C10H6ClFN2/c11-9-6-7(12)2-3-8(9)10-13-4-1-5-14-10/h1-6H. The Hall–Kier alpha value is -1.48. The second kappa shape index (κ2) is 3.72. The number of hydrogen-bond acceptors (Lipinski definition) is 2. The molecule has 0 bridgehead atoms. The van der Waals surface area contributed by atoms with Crippen molar-refractivity contribution in [3.8, 4) is 11.4 Å². The molecule has 70 valence electrons. The fourth-order valence-electron chi connectivity index (χ4n) is 1.11. The molecule has 14 heavy (non-hydrogen) atoms. The zero-order valence-electron chi connectivity index (χ0n) is 7.11. The van der Waals surface area contributed by atoms with Crippen molar-refractivity contribution >= 4 is 11.6 Å². The molecule has 1 heterocycles. The Labute approximate surface area is 85.4 Å². The molecule has 0 aliphatic carbocycles. The molecule has 2 aromatic rings. The molecule has 0 aliphatic rings. The van der Waals surface area contributed by atoms with E-state index in [4.69, 9.17) is 11.6 Å². The first-order valence-corrected chi connectivity index (χ1v) is 4.37. The highest BCUT2D eigenvalue weighted by Gasteiger charge is 2.05. The Morgan fingerprint density at radius 2 is 1.86 bits per heavy atom. The Morgan fingerprint density at radius 1 is 1.14 bits per heavy atom. The summed E-state index contributed by atoms with van der Waals surface area (Å²) in [5, 5.41) is 0.316.